The molecule has 4 nitrogen and oxygen atoms in total. The van der Waals surface area contributed by atoms with Gasteiger partial charge in [-0.25, -0.2) is 4.98 Å². The Morgan fingerprint density at radius 2 is 2.00 bits per heavy atom. The molecule has 0 bridgehead atoms. The van der Waals surface area contributed by atoms with E-state index in [1.54, 1.807) is 0 Å². The van der Waals surface area contributed by atoms with Crippen LogP contribution < -0.4 is 4.74 Å². The van der Waals surface area contributed by atoms with Gasteiger partial charge in [0.1, 0.15) is 6.61 Å². The fourth-order valence-electron chi connectivity index (χ4n) is 0.949. The lowest BCUT2D eigenvalue weighted by molar-refractivity contribution is -0.141. The second-order valence-electron chi connectivity index (χ2n) is 3.51. The van der Waals surface area contributed by atoms with E-state index in [0.717, 1.165) is 6.07 Å². The minimum absolute atomic E-state index is 0.181. The molecule has 1 rings (SSSR count). The number of likely N-dealkylation sites (N-methyl/N-ethyl adjacent to an activating group) is 1. The van der Waals surface area contributed by atoms with E-state index in [9.17, 15) is 13.2 Å². The number of ether oxygens (including phenoxy) is 1. The van der Waals surface area contributed by atoms with Gasteiger partial charge in [-0.05, 0) is 25.7 Å². The van der Waals surface area contributed by atoms with Gasteiger partial charge in [-0.1, -0.05) is 0 Å². The molecular formula is C9H11ClF3N3O. The fraction of sp³-hybridized carbons (Fsp3) is 0.556. The lowest BCUT2D eigenvalue weighted by Gasteiger charge is -2.11. The first-order chi connectivity index (χ1) is 7.79. The highest BCUT2D eigenvalue weighted by atomic mass is 35.5. The Balaban J connectivity index is 2.76. The van der Waals surface area contributed by atoms with Crippen LogP contribution in [-0.4, -0.2) is 42.1 Å². The van der Waals surface area contributed by atoms with E-state index < -0.39 is 17.2 Å². The molecule has 0 amide bonds. The smallest absolute Gasteiger partial charge is 0.433 e. The quantitative estimate of drug-likeness (QED) is 0.785. The number of hydrogen-bond acceptors (Lipinski definition) is 4. The Hall–Kier alpha value is -1.08. The molecule has 0 atom stereocenters. The zero-order chi connectivity index (χ0) is 13.1. The third-order valence-corrected chi connectivity index (χ3v) is 1.92. The van der Waals surface area contributed by atoms with Crippen molar-refractivity contribution in [3.8, 4) is 5.88 Å². The molecule has 0 N–H and O–H groups in total. The minimum Gasteiger partial charge on any atom is -0.476 e. The molecule has 0 saturated heterocycles. The molecule has 0 fully saturated rings. The molecule has 96 valence electrons. The zero-order valence-electron chi connectivity index (χ0n) is 9.25. The molecule has 1 aromatic rings. The number of alkyl halides is 3. The Labute approximate surface area is 101 Å². The Morgan fingerprint density at radius 3 is 2.53 bits per heavy atom. The van der Waals surface area contributed by atoms with Crippen LogP contribution in [0.25, 0.3) is 0 Å². The zero-order valence-corrected chi connectivity index (χ0v) is 10.0. The van der Waals surface area contributed by atoms with Crippen LogP contribution in [0.5, 0.6) is 5.88 Å². The van der Waals surface area contributed by atoms with Gasteiger partial charge in [-0.15, -0.1) is 0 Å². The summed E-state index contributed by atoms with van der Waals surface area (Å²) in [5, 5.41) is -0.486. The third kappa shape index (κ3) is 4.74. The number of rotatable bonds is 4. The van der Waals surface area contributed by atoms with E-state index >= 15 is 0 Å². The van der Waals surface area contributed by atoms with Crippen LogP contribution in [0, 0.1) is 0 Å². The SMILES string of the molecule is CN(C)CCOc1cc(C(F)(F)F)nc(Cl)n1. The summed E-state index contributed by atoms with van der Waals surface area (Å²) in [6.45, 7) is 0.778. The predicted molar refractivity (Wildman–Crippen MR) is 56.1 cm³/mol. The summed E-state index contributed by atoms with van der Waals surface area (Å²) in [5.74, 6) is -0.181. The van der Waals surface area contributed by atoms with Crippen LogP contribution in [0.3, 0.4) is 0 Å². The van der Waals surface area contributed by atoms with Gasteiger partial charge >= 0.3 is 6.18 Å². The maximum Gasteiger partial charge on any atom is 0.433 e. The lowest BCUT2D eigenvalue weighted by Crippen LogP contribution is -2.20. The van der Waals surface area contributed by atoms with Gasteiger partial charge in [-0.3, -0.25) is 0 Å². The molecule has 0 radical (unpaired) electrons. The highest BCUT2D eigenvalue weighted by Crippen LogP contribution is 2.30. The molecule has 0 aromatic carbocycles. The normalized spacial score (nSPS) is 11.9. The molecule has 0 aliphatic carbocycles. The van der Waals surface area contributed by atoms with Crippen molar-refractivity contribution in [2.75, 3.05) is 27.2 Å². The summed E-state index contributed by atoms with van der Waals surface area (Å²) >= 11 is 5.38. The van der Waals surface area contributed by atoms with Crippen molar-refractivity contribution in [1.82, 2.24) is 14.9 Å². The van der Waals surface area contributed by atoms with Gasteiger partial charge in [0, 0.05) is 12.6 Å². The van der Waals surface area contributed by atoms with Crippen molar-refractivity contribution < 1.29 is 17.9 Å². The van der Waals surface area contributed by atoms with Crippen LogP contribution in [0.4, 0.5) is 13.2 Å². The van der Waals surface area contributed by atoms with Crippen molar-refractivity contribution in [1.29, 1.82) is 0 Å². The molecular weight excluding hydrogens is 259 g/mol. The standard InChI is InChI=1S/C9H11ClF3N3O/c1-16(2)3-4-17-7-5-6(9(11,12)13)14-8(10)15-7/h5H,3-4H2,1-2H3. The highest BCUT2D eigenvalue weighted by Gasteiger charge is 2.33. The van der Waals surface area contributed by atoms with Gasteiger partial charge in [0.25, 0.3) is 0 Å². The first-order valence-corrected chi connectivity index (χ1v) is 5.06. The van der Waals surface area contributed by atoms with Crippen LogP contribution in [0.2, 0.25) is 5.28 Å². The number of hydrogen-bond donors (Lipinski definition) is 0. The van der Waals surface area contributed by atoms with Crippen molar-refractivity contribution >= 4 is 11.6 Å². The molecule has 0 aliphatic heterocycles. The Kier molecular flexibility index (Phi) is 4.53. The molecule has 1 heterocycles. The van der Waals surface area contributed by atoms with Crippen LogP contribution in [0.15, 0.2) is 6.07 Å². The second kappa shape index (κ2) is 5.50. The summed E-state index contributed by atoms with van der Waals surface area (Å²) in [6, 6.07) is 0.724. The molecule has 1 aromatic heterocycles. The van der Waals surface area contributed by atoms with Gasteiger partial charge in [0.15, 0.2) is 5.69 Å². The molecule has 0 spiro atoms. The van der Waals surface area contributed by atoms with Crippen molar-refractivity contribution in [3.05, 3.63) is 17.0 Å². The minimum atomic E-state index is -4.56. The largest absolute Gasteiger partial charge is 0.476 e. The molecule has 0 unspecified atom stereocenters. The summed E-state index contributed by atoms with van der Waals surface area (Å²) in [6.07, 6.45) is -4.56. The summed E-state index contributed by atoms with van der Waals surface area (Å²) in [7, 11) is 3.63. The molecule has 17 heavy (non-hydrogen) atoms. The summed E-state index contributed by atoms with van der Waals surface area (Å²) in [5.41, 5.74) is -1.11. The van der Waals surface area contributed by atoms with Crippen molar-refractivity contribution in [2.45, 2.75) is 6.18 Å². The van der Waals surface area contributed by atoms with Crippen LogP contribution >= 0.6 is 11.6 Å². The second-order valence-corrected chi connectivity index (χ2v) is 3.85. The van der Waals surface area contributed by atoms with Gasteiger partial charge in [0.05, 0.1) is 0 Å². The maximum atomic E-state index is 12.4. The Bertz CT molecular complexity index is 384. The van der Waals surface area contributed by atoms with Crippen LogP contribution in [0.1, 0.15) is 5.69 Å². The van der Waals surface area contributed by atoms with E-state index in [1.165, 1.54) is 0 Å². The number of nitrogens with zero attached hydrogens (tertiary/aromatic N) is 3. The van der Waals surface area contributed by atoms with Crippen molar-refractivity contribution in [3.63, 3.8) is 0 Å². The Morgan fingerprint density at radius 1 is 1.35 bits per heavy atom. The fourth-order valence-corrected chi connectivity index (χ4v) is 1.12. The highest BCUT2D eigenvalue weighted by molar-refractivity contribution is 6.28. The van der Waals surface area contributed by atoms with E-state index in [0.29, 0.717) is 6.54 Å². The molecule has 0 aliphatic rings. The van der Waals surface area contributed by atoms with Gasteiger partial charge in [0.2, 0.25) is 11.2 Å². The van der Waals surface area contributed by atoms with E-state index in [-0.39, 0.29) is 12.5 Å². The summed E-state index contributed by atoms with van der Waals surface area (Å²) in [4.78, 5) is 8.47. The average molecular weight is 270 g/mol. The van der Waals surface area contributed by atoms with E-state index in [4.69, 9.17) is 16.3 Å². The van der Waals surface area contributed by atoms with Crippen molar-refractivity contribution in [2.24, 2.45) is 0 Å². The first kappa shape index (κ1) is 14.0. The molecule has 0 saturated carbocycles. The van der Waals surface area contributed by atoms with Gasteiger partial charge in [-0.2, -0.15) is 18.2 Å². The maximum absolute atomic E-state index is 12.4. The van der Waals surface area contributed by atoms with E-state index in [1.807, 2.05) is 19.0 Å². The number of halogens is 4. The topological polar surface area (TPSA) is 38.2 Å². The average Bonchev–Trinajstić information content (AvgIpc) is 2.14. The van der Waals surface area contributed by atoms with E-state index in [2.05, 4.69) is 9.97 Å². The summed E-state index contributed by atoms with van der Waals surface area (Å²) < 4.78 is 42.2. The molecule has 8 heteroatoms. The predicted octanol–water partition coefficient (Wildman–Crippen LogP) is 2.09. The number of aromatic nitrogens is 2. The van der Waals surface area contributed by atoms with Crippen LogP contribution in [-0.2, 0) is 6.18 Å². The monoisotopic (exact) mass is 269 g/mol. The lowest BCUT2D eigenvalue weighted by atomic mass is 10.4. The van der Waals surface area contributed by atoms with Gasteiger partial charge < -0.3 is 9.64 Å². The third-order valence-electron chi connectivity index (χ3n) is 1.75. The first-order valence-electron chi connectivity index (χ1n) is 4.68.